The van der Waals surface area contributed by atoms with E-state index < -0.39 is 12.7 Å². The van der Waals surface area contributed by atoms with Crippen LogP contribution in [-0.2, 0) is 11.2 Å². The van der Waals surface area contributed by atoms with Gasteiger partial charge in [-0.1, -0.05) is 6.07 Å². The molecule has 0 spiro atoms. The predicted molar refractivity (Wildman–Crippen MR) is 80.1 cm³/mol. The van der Waals surface area contributed by atoms with Crippen molar-refractivity contribution in [3.8, 4) is 0 Å². The van der Waals surface area contributed by atoms with Crippen LogP contribution in [-0.4, -0.2) is 48.1 Å². The van der Waals surface area contributed by atoms with Gasteiger partial charge in [0, 0.05) is 19.3 Å². The van der Waals surface area contributed by atoms with Gasteiger partial charge in [-0.3, -0.25) is 14.6 Å². The van der Waals surface area contributed by atoms with Crippen LogP contribution in [0.1, 0.15) is 24.8 Å². The number of carbonyl (C=O) groups excluding carboxylic acids is 1. The number of nitrogens with zero attached hydrogens (tertiary/aromatic N) is 3. The van der Waals surface area contributed by atoms with E-state index in [1.807, 2.05) is 12.1 Å². The minimum atomic E-state index is -4.21. The normalized spacial score (nSPS) is 22.7. The Bertz CT molecular complexity index is 576. The summed E-state index contributed by atoms with van der Waals surface area (Å²) in [5.41, 5.74) is 1.04. The summed E-state index contributed by atoms with van der Waals surface area (Å²) >= 11 is 0. The molecule has 3 heterocycles. The highest BCUT2D eigenvalue weighted by Crippen LogP contribution is 2.29. The van der Waals surface area contributed by atoms with E-state index in [2.05, 4.69) is 4.98 Å². The number of likely N-dealkylation sites (tertiary alicyclic amines) is 1. The van der Waals surface area contributed by atoms with Gasteiger partial charge in [0.05, 0.1) is 12.5 Å². The Balaban J connectivity index is 1.71. The van der Waals surface area contributed by atoms with Crippen LogP contribution in [0.15, 0.2) is 18.3 Å². The standard InChI is InChI=1S/C16H20F3N3O/c17-16(18,19)11-21-9-6-13(10-21)15(23)22-8-2-1-4-12-5-3-7-20-14(12)22/h3,5,7,13H,1-2,4,6,8-11H2. The number of pyridine rings is 1. The number of amides is 1. The molecule has 7 heteroatoms. The van der Waals surface area contributed by atoms with Crippen molar-refractivity contribution in [1.82, 2.24) is 9.88 Å². The molecule has 1 atom stereocenters. The largest absolute Gasteiger partial charge is 0.401 e. The average Bonchev–Trinajstić information content (AvgIpc) is 2.83. The Kier molecular flexibility index (Phi) is 4.57. The van der Waals surface area contributed by atoms with Gasteiger partial charge in [-0.2, -0.15) is 13.2 Å². The second-order valence-corrected chi connectivity index (χ2v) is 6.27. The summed E-state index contributed by atoms with van der Waals surface area (Å²) in [7, 11) is 0. The summed E-state index contributed by atoms with van der Waals surface area (Å²) in [6.07, 6.45) is 0.698. The zero-order valence-corrected chi connectivity index (χ0v) is 12.9. The van der Waals surface area contributed by atoms with Crippen LogP contribution in [0.25, 0.3) is 0 Å². The third-order valence-corrected chi connectivity index (χ3v) is 4.49. The maximum absolute atomic E-state index is 12.8. The first-order valence-corrected chi connectivity index (χ1v) is 7.98. The molecule has 1 saturated heterocycles. The molecule has 1 aromatic heterocycles. The topological polar surface area (TPSA) is 36.4 Å². The molecule has 0 radical (unpaired) electrons. The smallest absolute Gasteiger partial charge is 0.296 e. The van der Waals surface area contributed by atoms with Crippen molar-refractivity contribution in [2.24, 2.45) is 5.92 Å². The number of hydrogen-bond acceptors (Lipinski definition) is 3. The van der Waals surface area contributed by atoms with E-state index in [0.717, 1.165) is 24.8 Å². The Labute approximate surface area is 133 Å². The lowest BCUT2D eigenvalue weighted by atomic mass is 10.1. The molecule has 126 valence electrons. The third-order valence-electron chi connectivity index (χ3n) is 4.49. The molecule has 0 bridgehead atoms. The first-order valence-electron chi connectivity index (χ1n) is 7.98. The number of rotatable bonds is 2. The van der Waals surface area contributed by atoms with Crippen LogP contribution in [0, 0.1) is 5.92 Å². The first-order chi connectivity index (χ1) is 10.9. The number of aromatic nitrogens is 1. The van der Waals surface area contributed by atoms with E-state index in [1.54, 1.807) is 11.1 Å². The predicted octanol–water partition coefficient (Wildman–Crippen LogP) is 2.64. The number of alkyl halides is 3. The summed E-state index contributed by atoms with van der Waals surface area (Å²) in [5.74, 6) is 0.228. The lowest BCUT2D eigenvalue weighted by Crippen LogP contribution is -2.39. The second-order valence-electron chi connectivity index (χ2n) is 6.27. The maximum atomic E-state index is 12.8. The summed E-state index contributed by atoms with van der Waals surface area (Å²) in [6.45, 7) is 0.153. The third kappa shape index (κ3) is 3.83. The summed E-state index contributed by atoms with van der Waals surface area (Å²) in [6, 6.07) is 3.83. The molecule has 1 fully saturated rings. The number of carbonyl (C=O) groups is 1. The van der Waals surface area contributed by atoms with Crippen molar-refractivity contribution < 1.29 is 18.0 Å². The lowest BCUT2D eigenvalue weighted by molar-refractivity contribution is -0.144. The molecule has 23 heavy (non-hydrogen) atoms. The van der Waals surface area contributed by atoms with Crippen LogP contribution in [0.2, 0.25) is 0 Å². The number of halogens is 3. The minimum absolute atomic E-state index is 0.0866. The van der Waals surface area contributed by atoms with Gasteiger partial charge in [0.2, 0.25) is 5.91 Å². The molecule has 2 aliphatic heterocycles. The van der Waals surface area contributed by atoms with E-state index in [0.29, 0.717) is 25.3 Å². The van der Waals surface area contributed by atoms with Crippen molar-refractivity contribution in [2.75, 3.05) is 31.1 Å². The van der Waals surface area contributed by atoms with E-state index in [-0.39, 0.29) is 18.4 Å². The van der Waals surface area contributed by atoms with Gasteiger partial charge in [0.25, 0.3) is 0 Å². The van der Waals surface area contributed by atoms with Crippen molar-refractivity contribution in [3.63, 3.8) is 0 Å². The van der Waals surface area contributed by atoms with Gasteiger partial charge in [-0.15, -0.1) is 0 Å². The minimum Gasteiger partial charge on any atom is -0.296 e. The highest BCUT2D eigenvalue weighted by atomic mass is 19.4. The molecule has 0 aliphatic carbocycles. The first kappa shape index (κ1) is 16.2. The molecule has 2 aliphatic rings. The highest BCUT2D eigenvalue weighted by molar-refractivity contribution is 5.95. The zero-order valence-electron chi connectivity index (χ0n) is 12.9. The number of fused-ring (bicyclic) bond motifs is 1. The molecular weight excluding hydrogens is 307 g/mol. The molecule has 4 nitrogen and oxygen atoms in total. The van der Waals surface area contributed by atoms with E-state index >= 15 is 0 Å². The Morgan fingerprint density at radius 2 is 2.13 bits per heavy atom. The molecule has 0 aromatic carbocycles. The quantitative estimate of drug-likeness (QED) is 0.838. The lowest BCUT2D eigenvalue weighted by Gasteiger charge is -2.25. The number of aryl methyl sites for hydroxylation is 1. The van der Waals surface area contributed by atoms with Crippen molar-refractivity contribution in [3.05, 3.63) is 23.9 Å². The van der Waals surface area contributed by atoms with Gasteiger partial charge in [0.1, 0.15) is 5.82 Å². The summed E-state index contributed by atoms with van der Waals surface area (Å²) < 4.78 is 37.5. The maximum Gasteiger partial charge on any atom is 0.401 e. The summed E-state index contributed by atoms with van der Waals surface area (Å²) in [4.78, 5) is 20.2. The van der Waals surface area contributed by atoms with Crippen LogP contribution in [0.4, 0.5) is 19.0 Å². The Hall–Kier alpha value is -1.63. The van der Waals surface area contributed by atoms with Gasteiger partial charge in [-0.25, -0.2) is 4.98 Å². The van der Waals surface area contributed by atoms with Crippen LogP contribution < -0.4 is 4.90 Å². The fourth-order valence-corrected chi connectivity index (χ4v) is 3.43. The van der Waals surface area contributed by atoms with Gasteiger partial charge >= 0.3 is 6.18 Å². The SMILES string of the molecule is O=C(C1CCN(CC(F)(F)F)C1)N1CCCCc2cccnc21. The van der Waals surface area contributed by atoms with Crippen LogP contribution in [0.5, 0.6) is 0 Å². The van der Waals surface area contributed by atoms with Gasteiger partial charge < -0.3 is 0 Å². The molecule has 1 amide bonds. The average molecular weight is 327 g/mol. The van der Waals surface area contributed by atoms with Crippen molar-refractivity contribution in [1.29, 1.82) is 0 Å². The van der Waals surface area contributed by atoms with Gasteiger partial charge in [-0.05, 0) is 43.9 Å². The Morgan fingerprint density at radius 3 is 2.91 bits per heavy atom. The molecular formula is C16H20F3N3O. The van der Waals surface area contributed by atoms with Crippen LogP contribution in [0.3, 0.4) is 0 Å². The van der Waals surface area contributed by atoms with E-state index in [9.17, 15) is 18.0 Å². The fraction of sp³-hybridized carbons (Fsp3) is 0.625. The van der Waals surface area contributed by atoms with Crippen molar-refractivity contribution >= 4 is 11.7 Å². The fourth-order valence-electron chi connectivity index (χ4n) is 3.43. The number of anilines is 1. The molecule has 0 saturated carbocycles. The zero-order chi connectivity index (χ0) is 16.4. The van der Waals surface area contributed by atoms with Crippen molar-refractivity contribution in [2.45, 2.75) is 31.9 Å². The second kappa shape index (κ2) is 6.47. The summed E-state index contributed by atoms with van der Waals surface area (Å²) in [5, 5.41) is 0. The van der Waals surface area contributed by atoms with Crippen LogP contribution >= 0.6 is 0 Å². The van der Waals surface area contributed by atoms with E-state index in [4.69, 9.17) is 0 Å². The molecule has 3 rings (SSSR count). The number of hydrogen-bond donors (Lipinski definition) is 0. The molecule has 1 aromatic rings. The Morgan fingerprint density at radius 1 is 1.30 bits per heavy atom. The molecule has 0 N–H and O–H groups in total. The monoisotopic (exact) mass is 327 g/mol. The van der Waals surface area contributed by atoms with Gasteiger partial charge in [0.15, 0.2) is 0 Å². The van der Waals surface area contributed by atoms with E-state index in [1.165, 1.54) is 4.90 Å². The highest BCUT2D eigenvalue weighted by Gasteiger charge is 2.38. The molecule has 1 unspecified atom stereocenters.